The van der Waals surface area contributed by atoms with Gasteiger partial charge in [-0.05, 0) is 29.8 Å². The number of sulfone groups is 1. The molecule has 0 spiro atoms. The van der Waals surface area contributed by atoms with Crippen LogP contribution in [0.25, 0.3) is 0 Å². The van der Waals surface area contributed by atoms with Gasteiger partial charge >= 0.3 is 0 Å². The van der Waals surface area contributed by atoms with Gasteiger partial charge in [0.1, 0.15) is 10.6 Å². The Morgan fingerprint density at radius 2 is 1.95 bits per heavy atom. The summed E-state index contributed by atoms with van der Waals surface area (Å²) >= 11 is 3.33. The maximum absolute atomic E-state index is 12.5. The van der Waals surface area contributed by atoms with Crippen molar-refractivity contribution in [2.45, 2.75) is 10.6 Å². The molecular formula is C14H14BrNO3S. The molecule has 0 fully saturated rings. The van der Waals surface area contributed by atoms with Gasteiger partial charge in [-0.1, -0.05) is 28.1 Å². The van der Waals surface area contributed by atoms with E-state index in [0.717, 1.165) is 4.47 Å². The van der Waals surface area contributed by atoms with Crippen LogP contribution in [0.4, 0.5) is 5.69 Å². The zero-order chi connectivity index (χ0) is 14.8. The lowest BCUT2D eigenvalue weighted by Gasteiger charge is -2.10. The number of hydrogen-bond acceptors (Lipinski definition) is 4. The van der Waals surface area contributed by atoms with Gasteiger partial charge in [-0.3, -0.25) is 0 Å². The molecule has 106 valence electrons. The maximum atomic E-state index is 12.5. The number of nitrogens with two attached hydrogens (primary N) is 1. The van der Waals surface area contributed by atoms with Gasteiger partial charge in [-0.15, -0.1) is 0 Å². The van der Waals surface area contributed by atoms with E-state index in [0.29, 0.717) is 11.3 Å². The number of benzene rings is 2. The van der Waals surface area contributed by atoms with Gasteiger partial charge in [0.05, 0.1) is 12.9 Å². The molecule has 20 heavy (non-hydrogen) atoms. The molecule has 2 aromatic rings. The minimum atomic E-state index is -3.49. The van der Waals surface area contributed by atoms with Gasteiger partial charge in [-0.25, -0.2) is 8.42 Å². The van der Waals surface area contributed by atoms with Crippen LogP contribution < -0.4 is 10.5 Å². The molecule has 0 saturated carbocycles. The van der Waals surface area contributed by atoms with E-state index in [4.69, 9.17) is 10.5 Å². The van der Waals surface area contributed by atoms with Crippen LogP contribution in [0.2, 0.25) is 0 Å². The van der Waals surface area contributed by atoms with Crippen molar-refractivity contribution in [1.29, 1.82) is 0 Å². The van der Waals surface area contributed by atoms with Crippen LogP contribution in [0.3, 0.4) is 0 Å². The largest absolute Gasteiger partial charge is 0.495 e. The topological polar surface area (TPSA) is 69.4 Å². The van der Waals surface area contributed by atoms with E-state index in [1.54, 1.807) is 24.3 Å². The van der Waals surface area contributed by atoms with Crippen molar-refractivity contribution in [3.8, 4) is 5.75 Å². The Labute approximate surface area is 126 Å². The summed E-state index contributed by atoms with van der Waals surface area (Å²) < 4.78 is 30.9. The molecule has 0 atom stereocenters. The highest BCUT2D eigenvalue weighted by Gasteiger charge is 2.20. The van der Waals surface area contributed by atoms with Crippen molar-refractivity contribution in [2.24, 2.45) is 0 Å². The van der Waals surface area contributed by atoms with E-state index in [9.17, 15) is 8.42 Å². The number of ether oxygens (including phenoxy) is 1. The minimum absolute atomic E-state index is 0.0906. The zero-order valence-electron chi connectivity index (χ0n) is 10.8. The highest BCUT2D eigenvalue weighted by Crippen LogP contribution is 2.29. The summed E-state index contributed by atoms with van der Waals surface area (Å²) in [5.41, 5.74) is 6.81. The van der Waals surface area contributed by atoms with E-state index in [1.807, 2.05) is 6.07 Å². The standard InChI is InChI=1S/C14H14BrNO3S/c1-19-13-8-12(16)5-6-14(13)20(17,18)9-10-3-2-4-11(15)7-10/h2-8H,9,16H2,1H3. The Hall–Kier alpha value is -1.53. The number of nitrogen functional groups attached to an aromatic ring is 1. The predicted octanol–water partition coefficient (Wildman–Crippen LogP) is 3.01. The Balaban J connectivity index is 2.40. The fourth-order valence-corrected chi connectivity index (χ4v) is 3.81. The number of methoxy groups -OCH3 is 1. The first-order chi connectivity index (χ1) is 9.42. The van der Waals surface area contributed by atoms with Crippen molar-refractivity contribution in [3.05, 3.63) is 52.5 Å². The van der Waals surface area contributed by atoms with Gasteiger partial charge in [0.25, 0.3) is 0 Å². The third kappa shape index (κ3) is 3.32. The molecule has 0 heterocycles. The summed E-state index contributed by atoms with van der Waals surface area (Å²) in [6.45, 7) is 0. The molecule has 0 aliphatic rings. The second-order valence-corrected chi connectivity index (χ2v) is 7.17. The summed E-state index contributed by atoms with van der Waals surface area (Å²) in [4.78, 5) is 0.147. The van der Waals surface area contributed by atoms with E-state index in [2.05, 4.69) is 15.9 Å². The van der Waals surface area contributed by atoms with E-state index in [-0.39, 0.29) is 16.4 Å². The monoisotopic (exact) mass is 355 g/mol. The first kappa shape index (κ1) is 14.9. The molecule has 0 aromatic heterocycles. The Bertz CT molecular complexity index is 729. The smallest absolute Gasteiger partial charge is 0.186 e. The Kier molecular flexibility index (Phi) is 4.35. The average Bonchev–Trinajstić information content (AvgIpc) is 2.37. The fourth-order valence-electron chi connectivity index (χ4n) is 1.87. The van der Waals surface area contributed by atoms with Crippen LogP contribution in [-0.2, 0) is 15.6 Å². The van der Waals surface area contributed by atoms with Gasteiger partial charge in [0.15, 0.2) is 9.84 Å². The Morgan fingerprint density at radius 3 is 2.60 bits per heavy atom. The summed E-state index contributed by atoms with van der Waals surface area (Å²) in [5, 5.41) is 0. The van der Waals surface area contributed by atoms with Crippen molar-refractivity contribution in [3.63, 3.8) is 0 Å². The van der Waals surface area contributed by atoms with Gasteiger partial charge < -0.3 is 10.5 Å². The van der Waals surface area contributed by atoms with Crippen molar-refractivity contribution < 1.29 is 13.2 Å². The molecule has 2 N–H and O–H groups in total. The molecule has 0 aliphatic heterocycles. The number of halogens is 1. The van der Waals surface area contributed by atoms with Gasteiger partial charge in [0, 0.05) is 16.2 Å². The molecule has 2 rings (SSSR count). The molecule has 0 bridgehead atoms. The van der Waals surface area contributed by atoms with Crippen LogP contribution in [0.15, 0.2) is 51.8 Å². The van der Waals surface area contributed by atoms with E-state index >= 15 is 0 Å². The predicted molar refractivity (Wildman–Crippen MR) is 82.4 cm³/mol. The third-order valence-corrected chi connectivity index (χ3v) is 4.98. The molecule has 0 amide bonds. The van der Waals surface area contributed by atoms with Crippen LogP contribution in [-0.4, -0.2) is 15.5 Å². The van der Waals surface area contributed by atoms with Crippen molar-refractivity contribution in [1.82, 2.24) is 0 Å². The molecule has 0 saturated heterocycles. The van der Waals surface area contributed by atoms with Crippen LogP contribution in [0.5, 0.6) is 5.75 Å². The van der Waals surface area contributed by atoms with Crippen LogP contribution >= 0.6 is 15.9 Å². The van der Waals surface area contributed by atoms with Gasteiger partial charge in [-0.2, -0.15) is 0 Å². The van der Waals surface area contributed by atoms with Crippen LogP contribution in [0.1, 0.15) is 5.56 Å². The Morgan fingerprint density at radius 1 is 1.20 bits per heavy atom. The second kappa shape index (κ2) is 5.85. The third-order valence-electron chi connectivity index (χ3n) is 2.77. The first-order valence-electron chi connectivity index (χ1n) is 5.83. The van der Waals surface area contributed by atoms with E-state index in [1.165, 1.54) is 19.2 Å². The second-order valence-electron chi connectivity index (χ2n) is 4.30. The quantitative estimate of drug-likeness (QED) is 0.855. The van der Waals surface area contributed by atoms with Crippen molar-refractivity contribution >= 4 is 31.5 Å². The summed E-state index contributed by atoms with van der Waals surface area (Å²) in [6, 6.07) is 11.7. The zero-order valence-corrected chi connectivity index (χ0v) is 13.2. The van der Waals surface area contributed by atoms with E-state index < -0.39 is 9.84 Å². The molecule has 0 radical (unpaired) electrons. The highest BCUT2D eigenvalue weighted by molar-refractivity contribution is 9.10. The maximum Gasteiger partial charge on any atom is 0.186 e. The molecular weight excluding hydrogens is 342 g/mol. The lowest BCUT2D eigenvalue weighted by atomic mass is 10.2. The fraction of sp³-hybridized carbons (Fsp3) is 0.143. The normalized spacial score (nSPS) is 11.3. The molecule has 6 heteroatoms. The minimum Gasteiger partial charge on any atom is -0.495 e. The number of anilines is 1. The molecule has 0 aliphatic carbocycles. The summed E-state index contributed by atoms with van der Waals surface area (Å²) in [6.07, 6.45) is 0. The SMILES string of the molecule is COc1cc(N)ccc1S(=O)(=O)Cc1cccc(Br)c1. The number of hydrogen-bond donors (Lipinski definition) is 1. The van der Waals surface area contributed by atoms with Crippen molar-refractivity contribution in [2.75, 3.05) is 12.8 Å². The summed E-state index contributed by atoms with van der Waals surface area (Å²) in [5.74, 6) is 0.173. The molecule has 0 unspecified atom stereocenters. The average molecular weight is 356 g/mol. The molecule has 4 nitrogen and oxygen atoms in total. The van der Waals surface area contributed by atoms with Gasteiger partial charge in [0.2, 0.25) is 0 Å². The first-order valence-corrected chi connectivity index (χ1v) is 8.27. The molecule has 2 aromatic carbocycles. The lowest BCUT2D eigenvalue weighted by Crippen LogP contribution is -2.07. The summed E-state index contributed by atoms with van der Waals surface area (Å²) in [7, 11) is -2.07. The lowest BCUT2D eigenvalue weighted by molar-refractivity contribution is 0.403. The van der Waals surface area contributed by atoms with Crippen LogP contribution in [0, 0.1) is 0 Å². The number of rotatable bonds is 4. The highest BCUT2D eigenvalue weighted by atomic mass is 79.9.